The summed E-state index contributed by atoms with van der Waals surface area (Å²) in [5.74, 6) is 0. The minimum atomic E-state index is -0.539. The molecule has 1 aromatic carbocycles. The number of halogens is 1. The van der Waals surface area contributed by atoms with Crippen LogP contribution in [0.25, 0.3) is 0 Å². The van der Waals surface area contributed by atoms with Crippen LogP contribution in [0.1, 0.15) is 11.1 Å². The van der Waals surface area contributed by atoms with Gasteiger partial charge in [0.25, 0.3) is 0 Å². The van der Waals surface area contributed by atoms with E-state index in [1.54, 1.807) is 13.8 Å². The maximum atomic E-state index is 10.7. The van der Waals surface area contributed by atoms with Crippen LogP contribution in [0.5, 0.6) is 0 Å². The highest BCUT2D eigenvalue weighted by Crippen LogP contribution is 2.40. The molecule has 0 radical (unpaired) electrons. The van der Waals surface area contributed by atoms with E-state index in [4.69, 9.17) is 11.5 Å². The first-order chi connectivity index (χ1) is 6.37. The fourth-order valence-electron chi connectivity index (χ4n) is 1.17. The second-order valence-electron chi connectivity index (χ2n) is 3.00. The fourth-order valence-corrected chi connectivity index (χ4v) is 1.83. The molecule has 14 heavy (non-hydrogen) atoms. The van der Waals surface area contributed by atoms with Gasteiger partial charge in [0.2, 0.25) is 0 Å². The standard InChI is InChI=1S/C8H10BrN3O2/c1-3-4(2)6(10)7(11)8(5(3)9)12(13)14/h10-11H2,1-2H3. The highest BCUT2D eigenvalue weighted by Gasteiger charge is 2.23. The Bertz CT molecular complexity index is 389. The lowest BCUT2D eigenvalue weighted by Gasteiger charge is -2.10. The first-order valence-corrected chi connectivity index (χ1v) is 4.65. The molecule has 76 valence electrons. The van der Waals surface area contributed by atoms with Gasteiger partial charge in [-0.15, -0.1) is 0 Å². The van der Waals surface area contributed by atoms with Gasteiger partial charge in [0.1, 0.15) is 10.2 Å². The van der Waals surface area contributed by atoms with Crippen molar-refractivity contribution in [3.63, 3.8) is 0 Å². The van der Waals surface area contributed by atoms with E-state index in [1.807, 2.05) is 0 Å². The second-order valence-corrected chi connectivity index (χ2v) is 3.79. The van der Waals surface area contributed by atoms with Gasteiger partial charge >= 0.3 is 5.69 Å². The SMILES string of the molecule is Cc1c(C)c(Br)c([N+](=O)[O-])c(N)c1N. The Morgan fingerprint density at radius 1 is 1.21 bits per heavy atom. The van der Waals surface area contributed by atoms with Crippen molar-refractivity contribution in [3.05, 3.63) is 25.7 Å². The van der Waals surface area contributed by atoms with E-state index < -0.39 is 4.92 Å². The van der Waals surface area contributed by atoms with E-state index in [9.17, 15) is 10.1 Å². The molecule has 0 amide bonds. The molecular formula is C8H10BrN3O2. The Morgan fingerprint density at radius 2 is 1.71 bits per heavy atom. The van der Waals surface area contributed by atoms with E-state index in [0.29, 0.717) is 4.47 Å². The number of anilines is 2. The zero-order valence-electron chi connectivity index (χ0n) is 7.80. The molecule has 0 saturated carbocycles. The van der Waals surface area contributed by atoms with E-state index >= 15 is 0 Å². The molecule has 0 aliphatic rings. The average Bonchev–Trinajstić information content (AvgIpc) is 2.11. The molecule has 0 bridgehead atoms. The number of benzene rings is 1. The number of nitro groups is 1. The lowest BCUT2D eigenvalue weighted by molar-refractivity contribution is -0.384. The van der Waals surface area contributed by atoms with Gasteiger partial charge in [-0.05, 0) is 40.9 Å². The Hall–Kier alpha value is -1.30. The van der Waals surface area contributed by atoms with Crippen molar-refractivity contribution < 1.29 is 4.92 Å². The van der Waals surface area contributed by atoms with Crippen molar-refractivity contribution in [1.82, 2.24) is 0 Å². The van der Waals surface area contributed by atoms with E-state index in [1.165, 1.54) is 0 Å². The van der Waals surface area contributed by atoms with Crippen LogP contribution in [-0.4, -0.2) is 4.92 Å². The minimum Gasteiger partial charge on any atom is -0.397 e. The highest BCUT2D eigenvalue weighted by atomic mass is 79.9. The largest absolute Gasteiger partial charge is 0.397 e. The average molecular weight is 260 g/mol. The number of hydrogen-bond donors (Lipinski definition) is 2. The van der Waals surface area contributed by atoms with Crippen LogP contribution < -0.4 is 11.5 Å². The van der Waals surface area contributed by atoms with E-state index in [-0.39, 0.29) is 17.1 Å². The summed E-state index contributed by atoms with van der Waals surface area (Å²) in [6, 6.07) is 0. The van der Waals surface area contributed by atoms with Crippen LogP contribution in [0.2, 0.25) is 0 Å². The molecule has 0 saturated heterocycles. The first-order valence-electron chi connectivity index (χ1n) is 3.86. The zero-order chi connectivity index (χ0) is 11.0. The molecule has 0 aliphatic carbocycles. The molecule has 1 rings (SSSR count). The lowest BCUT2D eigenvalue weighted by atomic mass is 10.1. The Balaban J connectivity index is 3.68. The van der Waals surface area contributed by atoms with Crippen LogP contribution in [-0.2, 0) is 0 Å². The van der Waals surface area contributed by atoms with Crippen LogP contribution >= 0.6 is 15.9 Å². The van der Waals surface area contributed by atoms with Gasteiger partial charge < -0.3 is 11.5 Å². The van der Waals surface area contributed by atoms with E-state index in [2.05, 4.69) is 15.9 Å². The third-order valence-corrected chi connectivity index (χ3v) is 3.20. The summed E-state index contributed by atoms with van der Waals surface area (Å²) in [7, 11) is 0. The molecule has 0 atom stereocenters. The number of rotatable bonds is 1. The molecule has 0 heterocycles. The molecule has 0 aromatic heterocycles. The predicted octanol–water partition coefficient (Wildman–Crippen LogP) is 2.14. The molecule has 1 aromatic rings. The van der Waals surface area contributed by atoms with Gasteiger partial charge in [0.05, 0.1) is 10.6 Å². The highest BCUT2D eigenvalue weighted by molar-refractivity contribution is 9.10. The van der Waals surface area contributed by atoms with Crippen LogP contribution in [0.3, 0.4) is 0 Å². The number of nitrogen functional groups attached to an aromatic ring is 2. The van der Waals surface area contributed by atoms with Gasteiger partial charge in [0, 0.05) is 0 Å². The summed E-state index contributed by atoms with van der Waals surface area (Å²) in [6.07, 6.45) is 0. The quantitative estimate of drug-likeness (QED) is 0.459. The summed E-state index contributed by atoms with van der Waals surface area (Å²) in [4.78, 5) is 10.2. The normalized spacial score (nSPS) is 10.2. The van der Waals surface area contributed by atoms with Gasteiger partial charge in [-0.3, -0.25) is 10.1 Å². The molecule has 0 aliphatic heterocycles. The maximum Gasteiger partial charge on any atom is 0.308 e. The zero-order valence-corrected chi connectivity index (χ0v) is 9.38. The van der Waals surface area contributed by atoms with Gasteiger partial charge in [-0.2, -0.15) is 0 Å². The summed E-state index contributed by atoms with van der Waals surface area (Å²) in [5, 5.41) is 10.7. The Labute approximate surface area is 89.4 Å². The monoisotopic (exact) mass is 259 g/mol. The third-order valence-electron chi connectivity index (χ3n) is 2.23. The maximum absolute atomic E-state index is 10.7. The van der Waals surface area contributed by atoms with Crippen molar-refractivity contribution in [3.8, 4) is 0 Å². The summed E-state index contributed by atoms with van der Waals surface area (Å²) in [5.41, 5.74) is 12.8. The number of nitrogens with two attached hydrogens (primary N) is 2. The Kier molecular flexibility index (Phi) is 2.66. The van der Waals surface area contributed by atoms with Crippen molar-refractivity contribution in [1.29, 1.82) is 0 Å². The van der Waals surface area contributed by atoms with Crippen LogP contribution in [0.4, 0.5) is 17.1 Å². The predicted molar refractivity (Wildman–Crippen MR) is 59.1 cm³/mol. The van der Waals surface area contributed by atoms with Crippen LogP contribution in [0, 0.1) is 24.0 Å². The number of nitrogens with zero attached hydrogens (tertiary/aromatic N) is 1. The molecular weight excluding hydrogens is 250 g/mol. The van der Waals surface area contributed by atoms with Gasteiger partial charge in [-0.25, -0.2) is 0 Å². The third kappa shape index (κ3) is 1.41. The molecule has 0 fully saturated rings. The number of nitro benzene ring substituents is 1. The second kappa shape index (κ2) is 3.45. The summed E-state index contributed by atoms with van der Waals surface area (Å²) < 4.78 is 0.395. The molecule has 5 nitrogen and oxygen atoms in total. The summed E-state index contributed by atoms with van der Waals surface area (Å²) in [6.45, 7) is 3.53. The van der Waals surface area contributed by atoms with Crippen LogP contribution in [0.15, 0.2) is 4.47 Å². The minimum absolute atomic E-state index is 0.0185. The topological polar surface area (TPSA) is 95.2 Å². The van der Waals surface area contributed by atoms with E-state index in [0.717, 1.165) is 11.1 Å². The number of hydrogen-bond acceptors (Lipinski definition) is 4. The van der Waals surface area contributed by atoms with Gasteiger partial charge in [-0.1, -0.05) is 0 Å². The lowest BCUT2D eigenvalue weighted by Crippen LogP contribution is -2.05. The van der Waals surface area contributed by atoms with Crippen molar-refractivity contribution in [2.75, 3.05) is 11.5 Å². The molecule has 6 heteroatoms. The summed E-state index contributed by atoms with van der Waals surface area (Å²) >= 11 is 3.14. The van der Waals surface area contributed by atoms with Crippen molar-refractivity contribution in [2.45, 2.75) is 13.8 Å². The first kappa shape index (κ1) is 10.8. The van der Waals surface area contributed by atoms with Gasteiger partial charge in [0.15, 0.2) is 0 Å². The molecule has 4 N–H and O–H groups in total. The smallest absolute Gasteiger partial charge is 0.308 e. The van der Waals surface area contributed by atoms with Crippen molar-refractivity contribution >= 4 is 33.0 Å². The molecule has 0 unspecified atom stereocenters. The van der Waals surface area contributed by atoms with Crippen molar-refractivity contribution in [2.24, 2.45) is 0 Å². The molecule has 0 spiro atoms. The fraction of sp³-hybridized carbons (Fsp3) is 0.250. The Morgan fingerprint density at radius 3 is 2.14 bits per heavy atom.